The van der Waals surface area contributed by atoms with Gasteiger partial charge < -0.3 is 0 Å². The molecule has 2 rings (SSSR count). The minimum atomic E-state index is -0.230. The molecule has 0 aliphatic rings. The fourth-order valence-electron chi connectivity index (χ4n) is 1.59. The predicted molar refractivity (Wildman–Crippen MR) is 75.0 cm³/mol. The number of halogens is 2. The molecule has 1 aromatic carbocycles. The Labute approximate surface area is 116 Å². The second-order valence-corrected chi connectivity index (χ2v) is 5.69. The predicted octanol–water partition coefficient (Wildman–Crippen LogP) is 2.63. The molecule has 0 radical (unpaired) electrons. The topological polar surface area (TPSA) is 50.9 Å². The van der Waals surface area contributed by atoms with E-state index < -0.39 is 0 Å². The minimum Gasteiger partial charge on any atom is -0.271 e. The molecule has 0 spiro atoms. The normalized spacial score (nSPS) is 12.6. The van der Waals surface area contributed by atoms with Gasteiger partial charge in [0.2, 0.25) is 0 Å². The average Bonchev–Trinajstić information content (AvgIpc) is 2.79. The third-order valence-corrected chi connectivity index (χ3v) is 4.16. The van der Waals surface area contributed by atoms with Crippen LogP contribution >= 0.6 is 33.9 Å². The van der Waals surface area contributed by atoms with Gasteiger partial charge in [-0.1, -0.05) is 6.07 Å². The molecular weight excluding hydrogens is 352 g/mol. The highest BCUT2D eigenvalue weighted by Crippen LogP contribution is 2.24. The first-order valence-corrected chi connectivity index (χ1v) is 6.95. The number of hydrogen-bond acceptors (Lipinski definition) is 4. The monoisotopic (exact) mass is 363 g/mol. The van der Waals surface area contributed by atoms with Gasteiger partial charge in [0.1, 0.15) is 5.82 Å². The van der Waals surface area contributed by atoms with Crippen LogP contribution in [0.25, 0.3) is 0 Å². The largest absolute Gasteiger partial charge is 0.271 e. The van der Waals surface area contributed by atoms with Crippen molar-refractivity contribution in [3.8, 4) is 0 Å². The zero-order valence-corrected chi connectivity index (χ0v) is 11.8. The number of nitrogens with zero attached hydrogens (tertiary/aromatic N) is 1. The Kier molecular flexibility index (Phi) is 4.43. The molecule has 1 aromatic heterocycles. The molecule has 17 heavy (non-hydrogen) atoms. The van der Waals surface area contributed by atoms with E-state index in [9.17, 15) is 4.39 Å². The van der Waals surface area contributed by atoms with Gasteiger partial charge in [0.05, 0.1) is 11.6 Å². The van der Waals surface area contributed by atoms with Crippen LogP contribution in [0.1, 0.15) is 16.5 Å². The number of aromatic nitrogens is 1. The lowest BCUT2D eigenvalue weighted by Gasteiger charge is -2.16. The van der Waals surface area contributed by atoms with E-state index in [0.717, 1.165) is 20.4 Å². The van der Waals surface area contributed by atoms with E-state index in [0.29, 0.717) is 0 Å². The molecule has 0 amide bonds. The summed E-state index contributed by atoms with van der Waals surface area (Å²) in [5.74, 6) is 5.34. The lowest BCUT2D eigenvalue weighted by atomic mass is 10.0. The van der Waals surface area contributed by atoms with Crippen molar-refractivity contribution in [1.82, 2.24) is 10.4 Å². The zero-order chi connectivity index (χ0) is 12.3. The van der Waals surface area contributed by atoms with Crippen LogP contribution in [-0.4, -0.2) is 4.98 Å². The van der Waals surface area contributed by atoms with Gasteiger partial charge in [-0.05, 0) is 40.3 Å². The number of nitrogens with one attached hydrogen (secondary N) is 1. The molecule has 0 aliphatic carbocycles. The second kappa shape index (κ2) is 5.85. The molecule has 3 N–H and O–H groups in total. The maximum absolute atomic E-state index is 13.0. The first-order valence-electron chi connectivity index (χ1n) is 4.99. The molecule has 0 saturated carbocycles. The molecule has 1 unspecified atom stereocenters. The van der Waals surface area contributed by atoms with Crippen molar-refractivity contribution in [3.05, 3.63) is 49.7 Å². The highest BCUT2D eigenvalue weighted by atomic mass is 127. The van der Waals surface area contributed by atoms with E-state index in [-0.39, 0.29) is 11.9 Å². The van der Waals surface area contributed by atoms with Gasteiger partial charge in [-0.15, -0.1) is 11.3 Å². The molecule has 3 nitrogen and oxygen atoms in total. The van der Waals surface area contributed by atoms with Gasteiger partial charge in [0.15, 0.2) is 0 Å². The van der Waals surface area contributed by atoms with Crippen molar-refractivity contribution in [1.29, 1.82) is 0 Å². The molecule has 0 bridgehead atoms. The van der Waals surface area contributed by atoms with Crippen LogP contribution in [0.15, 0.2) is 29.9 Å². The number of hydrazine groups is 1. The minimum absolute atomic E-state index is 0.0250. The Balaban J connectivity index is 2.23. The van der Waals surface area contributed by atoms with Crippen molar-refractivity contribution in [3.63, 3.8) is 0 Å². The number of thiazole rings is 1. The fraction of sp³-hybridized carbons (Fsp3) is 0.182. The van der Waals surface area contributed by atoms with E-state index in [1.54, 1.807) is 22.9 Å². The SMILES string of the molecule is NNC(Cc1cncs1)c1ccc(F)cc1I. The Morgan fingerprint density at radius 1 is 1.53 bits per heavy atom. The quantitative estimate of drug-likeness (QED) is 0.499. The number of benzene rings is 1. The Hall–Kier alpha value is -0.570. The lowest BCUT2D eigenvalue weighted by Crippen LogP contribution is -2.30. The summed E-state index contributed by atoms with van der Waals surface area (Å²) >= 11 is 3.71. The molecule has 0 saturated heterocycles. The van der Waals surface area contributed by atoms with Crippen LogP contribution < -0.4 is 11.3 Å². The Morgan fingerprint density at radius 2 is 2.35 bits per heavy atom. The number of rotatable bonds is 4. The summed E-state index contributed by atoms with van der Waals surface area (Å²) in [6.07, 6.45) is 2.58. The van der Waals surface area contributed by atoms with Crippen LogP contribution in [0.3, 0.4) is 0 Å². The fourth-order valence-corrected chi connectivity index (χ4v) is 3.08. The van der Waals surface area contributed by atoms with Crippen molar-refractivity contribution >= 4 is 33.9 Å². The molecule has 2 aromatic rings. The summed E-state index contributed by atoms with van der Waals surface area (Å²) in [6, 6.07) is 4.70. The Morgan fingerprint density at radius 3 is 2.94 bits per heavy atom. The number of hydrogen-bond donors (Lipinski definition) is 2. The van der Waals surface area contributed by atoms with Crippen LogP contribution in [0.2, 0.25) is 0 Å². The summed E-state index contributed by atoms with van der Waals surface area (Å²) in [4.78, 5) is 5.17. The van der Waals surface area contributed by atoms with Crippen molar-refractivity contribution < 1.29 is 4.39 Å². The van der Waals surface area contributed by atoms with E-state index >= 15 is 0 Å². The van der Waals surface area contributed by atoms with Crippen LogP contribution in [0.5, 0.6) is 0 Å². The van der Waals surface area contributed by atoms with E-state index in [1.807, 2.05) is 6.20 Å². The molecule has 1 heterocycles. The first kappa shape index (κ1) is 12.9. The maximum atomic E-state index is 13.0. The molecule has 6 heteroatoms. The molecule has 1 atom stereocenters. The summed E-state index contributed by atoms with van der Waals surface area (Å²) in [5, 5.41) is 0. The van der Waals surface area contributed by atoms with E-state index in [2.05, 4.69) is 33.0 Å². The van der Waals surface area contributed by atoms with Crippen LogP contribution in [0, 0.1) is 9.39 Å². The van der Waals surface area contributed by atoms with Gasteiger partial charge in [-0.3, -0.25) is 16.3 Å². The molecule has 0 fully saturated rings. The number of nitrogens with two attached hydrogens (primary N) is 1. The second-order valence-electron chi connectivity index (χ2n) is 3.56. The zero-order valence-electron chi connectivity index (χ0n) is 8.86. The molecule has 0 aliphatic heterocycles. The lowest BCUT2D eigenvalue weighted by molar-refractivity contribution is 0.550. The van der Waals surface area contributed by atoms with Gasteiger partial charge >= 0.3 is 0 Å². The third-order valence-electron chi connectivity index (χ3n) is 2.43. The van der Waals surface area contributed by atoms with Gasteiger partial charge in [-0.2, -0.15) is 0 Å². The molecular formula is C11H11FIN3S. The summed E-state index contributed by atoms with van der Waals surface area (Å²) in [6.45, 7) is 0. The summed E-state index contributed by atoms with van der Waals surface area (Å²) < 4.78 is 13.9. The summed E-state index contributed by atoms with van der Waals surface area (Å²) in [5.41, 5.74) is 5.56. The molecule has 90 valence electrons. The van der Waals surface area contributed by atoms with Gasteiger partial charge in [-0.25, -0.2) is 4.39 Å². The smallest absolute Gasteiger partial charge is 0.124 e. The van der Waals surface area contributed by atoms with E-state index in [1.165, 1.54) is 12.1 Å². The standard InChI is InChI=1S/C11H11FIN3S/c12-7-1-2-9(10(13)3-7)11(16-14)4-8-5-15-6-17-8/h1-3,5-6,11,16H,4,14H2. The highest BCUT2D eigenvalue weighted by molar-refractivity contribution is 14.1. The maximum Gasteiger partial charge on any atom is 0.124 e. The highest BCUT2D eigenvalue weighted by Gasteiger charge is 2.14. The Bertz CT molecular complexity index is 489. The van der Waals surface area contributed by atoms with Gasteiger partial charge in [0, 0.05) is 21.1 Å². The summed E-state index contributed by atoms with van der Waals surface area (Å²) in [7, 11) is 0. The first-order chi connectivity index (χ1) is 8.20. The van der Waals surface area contributed by atoms with E-state index in [4.69, 9.17) is 5.84 Å². The van der Waals surface area contributed by atoms with Crippen molar-refractivity contribution in [2.45, 2.75) is 12.5 Å². The average molecular weight is 363 g/mol. The van der Waals surface area contributed by atoms with Crippen molar-refractivity contribution in [2.75, 3.05) is 0 Å². The van der Waals surface area contributed by atoms with Crippen molar-refractivity contribution in [2.24, 2.45) is 5.84 Å². The van der Waals surface area contributed by atoms with Gasteiger partial charge in [0.25, 0.3) is 0 Å². The third kappa shape index (κ3) is 3.21. The van der Waals surface area contributed by atoms with Crippen LogP contribution in [0.4, 0.5) is 4.39 Å². The van der Waals surface area contributed by atoms with Crippen LogP contribution in [-0.2, 0) is 6.42 Å².